The Hall–Kier alpha value is -2.32. The van der Waals surface area contributed by atoms with Crippen LogP contribution in [0.5, 0.6) is 5.75 Å². The number of aryl methyl sites for hydroxylation is 1. The summed E-state index contributed by atoms with van der Waals surface area (Å²) in [7, 11) is 0. The molecule has 1 heterocycles. The molecule has 3 aromatic rings. The maximum atomic E-state index is 13.3. The first-order valence-corrected chi connectivity index (χ1v) is 9.44. The number of fused-ring (bicyclic) bond motifs is 1. The van der Waals surface area contributed by atoms with Gasteiger partial charge in [-0.05, 0) is 49.1 Å². The number of halogens is 5. The number of alkyl halides is 3. The Kier molecular flexibility index (Phi) is 6.64. The van der Waals surface area contributed by atoms with Crippen LogP contribution in [0.1, 0.15) is 30.5 Å². The Morgan fingerprint density at radius 3 is 2.55 bits per heavy atom. The lowest BCUT2D eigenvalue weighted by molar-refractivity contribution is -0.274. The first-order chi connectivity index (χ1) is 13.8. The zero-order valence-electron chi connectivity index (χ0n) is 15.3. The van der Waals surface area contributed by atoms with Crippen LogP contribution in [-0.4, -0.2) is 27.9 Å². The molecule has 1 N–H and O–H groups in total. The van der Waals surface area contributed by atoms with Crippen molar-refractivity contribution in [3.8, 4) is 5.75 Å². The summed E-state index contributed by atoms with van der Waals surface area (Å²) >= 11 is 6.10. The Bertz CT molecular complexity index is 989. The third-order valence-corrected chi connectivity index (χ3v) is 4.79. The van der Waals surface area contributed by atoms with Crippen LogP contribution in [-0.2, 0) is 13.0 Å². The van der Waals surface area contributed by atoms with Crippen molar-refractivity contribution in [1.82, 2.24) is 9.78 Å². The van der Waals surface area contributed by atoms with Crippen LogP contribution in [0, 0.1) is 5.82 Å². The Morgan fingerprint density at radius 1 is 1.07 bits per heavy atom. The number of hydrogen-bond donors (Lipinski definition) is 1. The van der Waals surface area contributed by atoms with Crippen molar-refractivity contribution in [3.63, 3.8) is 0 Å². The lowest BCUT2D eigenvalue weighted by Gasteiger charge is -2.10. The summed E-state index contributed by atoms with van der Waals surface area (Å²) in [5, 5.41) is 14.4. The molecule has 0 amide bonds. The standard InChI is InChI=1S/C20H19ClF4N2O2/c21-17-10-14(22)6-5-13(17)12-27-19-11-15(29-20(23,24)25)7-8-16(19)18(26-27)4-2-1-3-9-28/h5-8,10-11,28H,1-4,9,12H2. The molecule has 0 unspecified atom stereocenters. The summed E-state index contributed by atoms with van der Waals surface area (Å²) in [4.78, 5) is 0. The highest BCUT2D eigenvalue weighted by Gasteiger charge is 2.31. The third kappa shape index (κ3) is 5.61. The number of aromatic nitrogens is 2. The number of nitrogens with zero attached hydrogens (tertiary/aromatic N) is 2. The van der Waals surface area contributed by atoms with Gasteiger partial charge in [0.2, 0.25) is 0 Å². The highest BCUT2D eigenvalue weighted by atomic mass is 35.5. The van der Waals surface area contributed by atoms with Crippen LogP contribution in [0.2, 0.25) is 5.02 Å². The molecular weight excluding hydrogens is 412 g/mol. The zero-order chi connectivity index (χ0) is 21.0. The molecule has 0 saturated heterocycles. The molecule has 0 aliphatic heterocycles. The highest BCUT2D eigenvalue weighted by Crippen LogP contribution is 2.30. The number of aliphatic hydroxyl groups excluding tert-OH is 1. The second-order valence-corrected chi connectivity index (χ2v) is 7.01. The fraction of sp³-hybridized carbons (Fsp3) is 0.350. The Labute approximate surface area is 169 Å². The van der Waals surface area contributed by atoms with E-state index in [1.54, 1.807) is 10.7 Å². The SMILES string of the molecule is OCCCCCc1nn(Cc2ccc(F)cc2Cl)c2cc(OC(F)(F)F)ccc12. The molecule has 0 radical (unpaired) electrons. The Morgan fingerprint density at radius 2 is 1.86 bits per heavy atom. The van der Waals surface area contributed by atoms with Crippen molar-refractivity contribution in [1.29, 1.82) is 0 Å². The van der Waals surface area contributed by atoms with Gasteiger partial charge in [-0.1, -0.05) is 24.1 Å². The normalized spacial score (nSPS) is 11.9. The molecule has 0 bridgehead atoms. The van der Waals surface area contributed by atoms with Crippen LogP contribution >= 0.6 is 11.6 Å². The van der Waals surface area contributed by atoms with Gasteiger partial charge in [0.1, 0.15) is 11.6 Å². The first-order valence-electron chi connectivity index (χ1n) is 9.07. The molecule has 3 rings (SSSR count). The van der Waals surface area contributed by atoms with Gasteiger partial charge in [0, 0.05) is 23.1 Å². The fourth-order valence-electron chi connectivity index (χ4n) is 3.12. The maximum Gasteiger partial charge on any atom is 0.573 e. The van der Waals surface area contributed by atoms with Crippen molar-refractivity contribution in [2.45, 2.75) is 38.6 Å². The molecule has 29 heavy (non-hydrogen) atoms. The number of aliphatic hydroxyl groups is 1. The average molecular weight is 431 g/mol. The van der Waals surface area contributed by atoms with Crippen molar-refractivity contribution in [3.05, 3.63) is 58.5 Å². The monoisotopic (exact) mass is 430 g/mol. The van der Waals surface area contributed by atoms with E-state index in [0.717, 1.165) is 18.5 Å². The van der Waals surface area contributed by atoms with Gasteiger partial charge in [-0.25, -0.2) is 4.39 Å². The van der Waals surface area contributed by atoms with Gasteiger partial charge in [0.15, 0.2) is 0 Å². The molecule has 0 atom stereocenters. The first kappa shape index (κ1) is 21.4. The average Bonchev–Trinajstić information content (AvgIpc) is 2.97. The maximum absolute atomic E-state index is 13.3. The smallest absolute Gasteiger partial charge is 0.406 e. The minimum absolute atomic E-state index is 0.108. The minimum Gasteiger partial charge on any atom is -0.406 e. The number of hydrogen-bond acceptors (Lipinski definition) is 3. The van der Waals surface area contributed by atoms with Gasteiger partial charge in [-0.15, -0.1) is 13.2 Å². The zero-order valence-corrected chi connectivity index (χ0v) is 16.1. The number of rotatable bonds is 8. The number of benzene rings is 2. The lowest BCUT2D eigenvalue weighted by atomic mass is 10.1. The van der Waals surface area contributed by atoms with E-state index in [4.69, 9.17) is 16.7 Å². The van der Waals surface area contributed by atoms with E-state index in [1.807, 2.05) is 0 Å². The number of ether oxygens (including phenoxy) is 1. The number of unbranched alkanes of at least 4 members (excludes halogenated alkanes) is 2. The lowest BCUT2D eigenvalue weighted by Crippen LogP contribution is -2.17. The molecule has 0 aliphatic carbocycles. The molecule has 0 spiro atoms. The summed E-state index contributed by atoms with van der Waals surface area (Å²) in [5.74, 6) is -0.822. The van der Waals surface area contributed by atoms with Crippen molar-refractivity contribution in [2.24, 2.45) is 0 Å². The van der Waals surface area contributed by atoms with Crippen LogP contribution in [0.15, 0.2) is 36.4 Å². The molecule has 2 aromatic carbocycles. The van der Waals surface area contributed by atoms with Crippen molar-refractivity contribution < 1.29 is 27.4 Å². The Balaban J connectivity index is 1.97. The van der Waals surface area contributed by atoms with E-state index in [-0.39, 0.29) is 23.9 Å². The molecule has 9 heteroatoms. The molecule has 1 aromatic heterocycles. The third-order valence-electron chi connectivity index (χ3n) is 4.44. The highest BCUT2D eigenvalue weighted by molar-refractivity contribution is 6.31. The predicted molar refractivity (Wildman–Crippen MR) is 102 cm³/mol. The second-order valence-electron chi connectivity index (χ2n) is 6.60. The molecule has 156 valence electrons. The summed E-state index contributed by atoms with van der Waals surface area (Å²) in [5.41, 5.74) is 1.78. The quantitative estimate of drug-likeness (QED) is 0.380. The topological polar surface area (TPSA) is 47.3 Å². The van der Waals surface area contributed by atoms with Gasteiger partial charge in [-0.3, -0.25) is 4.68 Å². The second kappa shape index (κ2) is 9.00. The van der Waals surface area contributed by atoms with E-state index in [9.17, 15) is 17.6 Å². The van der Waals surface area contributed by atoms with Crippen LogP contribution in [0.25, 0.3) is 10.9 Å². The fourth-order valence-corrected chi connectivity index (χ4v) is 3.34. The van der Waals surface area contributed by atoms with Crippen molar-refractivity contribution >= 4 is 22.5 Å². The molecule has 0 aliphatic rings. The molecule has 4 nitrogen and oxygen atoms in total. The minimum atomic E-state index is -4.80. The summed E-state index contributed by atoms with van der Waals surface area (Å²) in [6, 6.07) is 8.04. The van der Waals surface area contributed by atoms with Gasteiger partial charge < -0.3 is 9.84 Å². The summed E-state index contributed by atoms with van der Waals surface area (Å²) < 4.78 is 56.7. The van der Waals surface area contributed by atoms with E-state index >= 15 is 0 Å². The van der Waals surface area contributed by atoms with Crippen molar-refractivity contribution in [2.75, 3.05) is 6.61 Å². The van der Waals surface area contributed by atoms with E-state index in [0.29, 0.717) is 29.3 Å². The molecule has 0 saturated carbocycles. The van der Waals surface area contributed by atoms with Crippen LogP contribution in [0.4, 0.5) is 17.6 Å². The van der Waals surface area contributed by atoms with Gasteiger partial charge in [0.25, 0.3) is 0 Å². The van der Waals surface area contributed by atoms with Crippen LogP contribution in [0.3, 0.4) is 0 Å². The molecule has 0 fully saturated rings. The van der Waals surface area contributed by atoms with Crippen LogP contribution < -0.4 is 4.74 Å². The summed E-state index contributed by atoms with van der Waals surface area (Å²) in [6.45, 7) is 0.276. The predicted octanol–water partition coefficient (Wildman–Crippen LogP) is 5.48. The van der Waals surface area contributed by atoms with Gasteiger partial charge in [0.05, 0.1) is 17.8 Å². The molecular formula is C20H19ClF4N2O2. The summed E-state index contributed by atoms with van der Waals surface area (Å²) in [6.07, 6.45) is -1.92. The van der Waals surface area contributed by atoms with E-state index < -0.39 is 12.2 Å². The largest absolute Gasteiger partial charge is 0.573 e. The van der Waals surface area contributed by atoms with Gasteiger partial charge in [-0.2, -0.15) is 5.10 Å². The van der Waals surface area contributed by atoms with E-state index in [1.165, 1.54) is 30.3 Å². The van der Waals surface area contributed by atoms with Gasteiger partial charge >= 0.3 is 6.36 Å². The van der Waals surface area contributed by atoms with E-state index in [2.05, 4.69) is 9.84 Å².